The molecule has 180 valence electrons. The van der Waals surface area contributed by atoms with Crippen molar-refractivity contribution in [3.63, 3.8) is 0 Å². The quantitative estimate of drug-likeness (QED) is 0.633. The van der Waals surface area contributed by atoms with E-state index in [1.54, 1.807) is 0 Å². The van der Waals surface area contributed by atoms with Crippen molar-refractivity contribution in [1.82, 2.24) is 20.4 Å². The molecule has 0 bridgehead atoms. The summed E-state index contributed by atoms with van der Waals surface area (Å²) >= 11 is 0. The average molecular weight is 462 g/mol. The van der Waals surface area contributed by atoms with Gasteiger partial charge in [-0.05, 0) is 32.9 Å². The highest BCUT2D eigenvalue weighted by Gasteiger charge is 2.44. The first kappa shape index (κ1) is 25.5. The summed E-state index contributed by atoms with van der Waals surface area (Å²) in [6.45, 7) is 9.94. The Balaban J connectivity index is 0.000000451. The lowest BCUT2D eigenvalue weighted by Crippen LogP contribution is -2.48. The van der Waals surface area contributed by atoms with Gasteiger partial charge in [0.25, 0.3) is 0 Å². The molecule has 2 aliphatic rings. The molecule has 0 aliphatic carbocycles. The average Bonchev–Trinajstić information content (AvgIpc) is 3.17. The van der Waals surface area contributed by atoms with Crippen molar-refractivity contribution in [3.8, 4) is 0 Å². The van der Waals surface area contributed by atoms with Gasteiger partial charge in [-0.2, -0.15) is 13.2 Å². The minimum atomic E-state index is -5.08. The number of carbonyl (C=O) groups excluding carboxylic acids is 2. The molecular formula is C20H29F3N4O5. The van der Waals surface area contributed by atoms with Crippen LogP contribution in [0.3, 0.4) is 0 Å². The van der Waals surface area contributed by atoms with E-state index in [0.29, 0.717) is 32.6 Å². The zero-order valence-corrected chi connectivity index (χ0v) is 18.3. The van der Waals surface area contributed by atoms with E-state index in [0.717, 1.165) is 24.6 Å². The van der Waals surface area contributed by atoms with Gasteiger partial charge in [0.15, 0.2) is 0 Å². The van der Waals surface area contributed by atoms with Gasteiger partial charge in [-0.15, -0.1) is 0 Å². The fourth-order valence-corrected chi connectivity index (χ4v) is 3.76. The van der Waals surface area contributed by atoms with E-state index in [-0.39, 0.29) is 23.4 Å². The number of furan rings is 1. The lowest BCUT2D eigenvalue weighted by Gasteiger charge is -2.32. The van der Waals surface area contributed by atoms with Crippen LogP contribution in [0.4, 0.5) is 18.0 Å². The number of halogens is 3. The second kappa shape index (κ2) is 10.2. The Morgan fingerprint density at radius 1 is 1.28 bits per heavy atom. The Bertz CT molecular complexity index is 826. The third kappa shape index (κ3) is 7.43. The Hall–Kier alpha value is -2.76. The SMILES string of the molecule is Cc1ccc(CN2CCN(C(=O)NC(C)C)CC3(CNC(=O)C3)C2)o1.O=C(O)C(F)(F)F. The molecule has 1 atom stereocenters. The number of alkyl halides is 3. The Morgan fingerprint density at radius 2 is 1.94 bits per heavy atom. The Morgan fingerprint density at radius 3 is 2.41 bits per heavy atom. The largest absolute Gasteiger partial charge is 0.490 e. The number of nitrogens with zero attached hydrogens (tertiary/aromatic N) is 2. The normalized spacial score (nSPS) is 21.7. The second-order valence-electron chi connectivity index (χ2n) is 8.51. The van der Waals surface area contributed by atoms with E-state index >= 15 is 0 Å². The minimum absolute atomic E-state index is 0.0515. The molecular weight excluding hydrogens is 433 g/mol. The maximum absolute atomic E-state index is 12.5. The monoisotopic (exact) mass is 462 g/mol. The summed E-state index contributed by atoms with van der Waals surface area (Å²) in [4.78, 5) is 37.5. The topological polar surface area (TPSA) is 115 Å². The molecule has 1 unspecified atom stereocenters. The highest BCUT2D eigenvalue weighted by molar-refractivity contribution is 5.80. The zero-order valence-electron chi connectivity index (χ0n) is 18.3. The lowest BCUT2D eigenvalue weighted by atomic mass is 9.86. The molecule has 2 saturated heterocycles. The molecule has 12 heteroatoms. The Kier molecular flexibility index (Phi) is 8.16. The molecule has 2 aliphatic heterocycles. The second-order valence-corrected chi connectivity index (χ2v) is 8.51. The first-order chi connectivity index (χ1) is 14.8. The van der Waals surface area contributed by atoms with Gasteiger partial charge in [-0.25, -0.2) is 9.59 Å². The molecule has 0 aromatic carbocycles. The summed E-state index contributed by atoms with van der Waals surface area (Å²) in [5, 5.41) is 13.0. The standard InChI is InChI=1S/C18H28N4O3.C2HF3O2/c1-13(2)20-17(24)22-7-6-21(9-15-5-4-14(3)25-15)11-18(12-22)8-16(23)19-10-18;3-2(4,5)1(6)7/h4-5,13H,6-12H2,1-3H3,(H,19,23)(H,20,24);(H,6,7). The van der Waals surface area contributed by atoms with Crippen molar-refractivity contribution in [3.05, 3.63) is 23.7 Å². The molecule has 0 saturated carbocycles. The summed E-state index contributed by atoms with van der Waals surface area (Å²) in [6.07, 6.45) is -4.62. The van der Waals surface area contributed by atoms with Gasteiger partial charge in [0.2, 0.25) is 5.91 Å². The van der Waals surface area contributed by atoms with Crippen LogP contribution in [0.25, 0.3) is 0 Å². The van der Waals surface area contributed by atoms with E-state index in [4.69, 9.17) is 14.3 Å². The van der Waals surface area contributed by atoms with E-state index in [9.17, 15) is 22.8 Å². The minimum Gasteiger partial charge on any atom is -0.475 e. The molecule has 1 aromatic heterocycles. The van der Waals surface area contributed by atoms with E-state index in [2.05, 4.69) is 15.5 Å². The van der Waals surface area contributed by atoms with Crippen LogP contribution < -0.4 is 10.6 Å². The van der Waals surface area contributed by atoms with Gasteiger partial charge in [0, 0.05) is 50.6 Å². The number of hydrogen-bond donors (Lipinski definition) is 3. The van der Waals surface area contributed by atoms with Crippen LogP contribution >= 0.6 is 0 Å². The van der Waals surface area contributed by atoms with Crippen molar-refractivity contribution < 1.29 is 37.1 Å². The van der Waals surface area contributed by atoms with Crippen LogP contribution in [-0.2, 0) is 16.1 Å². The van der Waals surface area contributed by atoms with E-state index in [1.165, 1.54) is 0 Å². The smallest absolute Gasteiger partial charge is 0.475 e. The molecule has 2 fully saturated rings. The molecule has 3 N–H and O–H groups in total. The maximum atomic E-state index is 12.5. The zero-order chi connectivity index (χ0) is 24.1. The molecule has 3 amide bonds. The van der Waals surface area contributed by atoms with Crippen molar-refractivity contribution in [2.24, 2.45) is 5.41 Å². The van der Waals surface area contributed by atoms with Gasteiger partial charge in [0.1, 0.15) is 11.5 Å². The predicted octanol–water partition coefficient (Wildman–Crippen LogP) is 1.96. The van der Waals surface area contributed by atoms with Crippen LogP contribution in [0, 0.1) is 12.3 Å². The van der Waals surface area contributed by atoms with Crippen molar-refractivity contribution in [2.75, 3.05) is 32.7 Å². The fraction of sp³-hybridized carbons (Fsp3) is 0.650. The lowest BCUT2D eigenvalue weighted by molar-refractivity contribution is -0.192. The van der Waals surface area contributed by atoms with E-state index < -0.39 is 12.1 Å². The first-order valence-electron chi connectivity index (χ1n) is 10.2. The van der Waals surface area contributed by atoms with Gasteiger partial charge in [0.05, 0.1) is 6.54 Å². The fourth-order valence-electron chi connectivity index (χ4n) is 3.76. The van der Waals surface area contributed by atoms with Crippen LogP contribution in [-0.4, -0.2) is 77.8 Å². The summed E-state index contributed by atoms with van der Waals surface area (Å²) in [6, 6.07) is 4.00. The third-order valence-electron chi connectivity index (χ3n) is 5.08. The number of carboxylic acids is 1. The Labute approximate surface area is 183 Å². The number of rotatable bonds is 3. The molecule has 9 nitrogen and oxygen atoms in total. The highest BCUT2D eigenvalue weighted by Crippen LogP contribution is 2.31. The number of hydrogen-bond acceptors (Lipinski definition) is 5. The molecule has 3 rings (SSSR count). The van der Waals surface area contributed by atoms with E-state index in [1.807, 2.05) is 37.8 Å². The number of aliphatic carboxylic acids is 1. The first-order valence-corrected chi connectivity index (χ1v) is 10.2. The number of urea groups is 1. The van der Waals surface area contributed by atoms with Crippen LogP contribution in [0.2, 0.25) is 0 Å². The van der Waals surface area contributed by atoms with Crippen LogP contribution in [0.1, 0.15) is 31.8 Å². The van der Waals surface area contributed by atoms with Crippen LogP contribution in [0.5, 0.6) is 0 Å². The number of carbonyl (C=O) groups is 3. The molecule has 1 aromatic rings. The number of nitrogens with one attached hydrogen (secondary N) is 2. The van der Waals surface area contributed by atoms with Crippen molar-refractivity contribution >= 4 is 17.9 Å². The number of carboxylic acid groups (broad SMARTS) is 1. The maximum Gasteiger partial charge on any atom is 0.490 e. The van der Waals surface area contributed by atoms with Gasteiger partial charge in [-0.1, -0.05) is 0 Å². The number of amides is 3. The van der Waals surface area contributed by atoms with Gasteiger partial charge >= 0.3 is 18.2 Å². The summed E-state index contributed by atoms with van der Waals surface area (Å²) in [5.41, 5.74) is -0.233. The number of aryl methyl sites for hydroxylation is 1. The summed E-state index contributed by atoms with van der Waals surface area (Å²) in [5.74, 6) is -0.868. The molecule has 32 heavy (non-hydrogen) atoms. The summed E-state index contributed by atoms with van der Waals surface area (Å²) < 4.78 is 37.4. The van der Waals surface area contributed by atoms with Crippen molar-refractivity contribution in [2.45, 2.75) is 46.0 Å². The van der Waals surface area contributed by atoms with Crippen molar-refractivity contribution in [1.29, 1.82) is 0 Å². The predicted molar refractivity (Wildman–Crippen MR) is 108 cm³/mol. The molecule has 0 radical (unpaired) electrons. The molecule has 3 heterocycles. The summed E-state index contributed by atoms with van der Waals surface area (Å²) in [7, 11) is 0. The highest BCUT2D eigenvalue weighted by atomic mass is 19.4. The molecule has 1 spiro atoms. The third-order valence-corrected chi connectivity index (χ3v) is 5.08. The van der Waals surface area contributed by atoms with Gasteiger partial charge in [-0.3, -0.25) is 9.69 Å². The van der Waals surface area contributed by atoms with Crippen LogP contribution in [0.15, 0.2) is 16.5 Å². The van der Waals surface area contributed by atoms with Gasteiger partial charge < -0.3 is 25.1 Å².